The van der Waals surface area contributed by atoms with Gasteiger partial charge in [-0.2, -0.15) is 5.10 Å². The van der Waals surface area contributed by atoms with E-state index < -0.39 is 23.2 Å². The van der Waals surface area contributed by atoms with Crippen molar-refractivity contribution >= 4 is 51.0 Å². The van der Waals surface area contributed by atoms with E-state index in [1.807, 2.05) is 0 Å². The molecule has 0 radical (unpaired) electrons. The molecule has 138 valence electrons. The van der Waals surface area contributed by atoms with Gasteiger partial charge in [-0.1, -0.05) is 33.8 Å². The molecule has 1 saturated heterocycles. The fourth-order valence-electron chi connectivity index (χ4n) is 2.08. The Kier molecular flexibility index (Phi) is 5.97. The average molecular weight is 454 g/mol. The molecule has 27 heavy (non-hydrogen) atoms. The van der Waals surface area contributed by atoms with E-state index in [-0.39, 0.29) is 17.4 Å². The number of esters is 1. The number of carbonyl (C=O) groups excluding carboxylic acids is 2. The highest BCUT2D eigenvalue weighted by Gasteiger charge is 2.20. The number of amides is 1. The maximum absolute atomic E-state index is 13.7. The van der Waals surface area contributed by atoms with E-state index in [1.165, 1.54) is 24.0 Å². The Hall–Kier alpha value is -2.59. The highest BCUT2D eigenvalue weighted by Crippen LogP contribution is 2.24. The van der Waals surface area contributed by atoms with E-state index in [0.717, 1.165) is 18.2 Å². The predicted octanol–water partition coefficient (Wildman–Crippen LogP) is 3.50. The number of carbonyl (C=O) groups is 2. The van der Waals surface area contributed by atoms with E-state index in [9.17, 15) is 18.4 Å². The number of amidine groups is 1. The molecule has 1 amide bonds. The minimum absolute atomic E-state index is 0.0397. The van der Waals surface area contributed by atoms with Crippen LogP contribution in [0.15, 0.2) is 51.1 Å². The van der Waals surface area contributed by atoms with Crippen LogP contribution in [0.25, 0.3) is 0 Å². The molecule has 0 saturated carbocycles. The maximum Gasteiger partial charge on any atom is 0.349 e. The Morgan fingerprint density at radius 2 is 2.00 bits per heavy atom. The van der Waals surface area contributed by atoms with Crippen molar-refractivity contribution in [1.29, 1.82) is 0 Å². The first-order valence-corrected chi connectivity index (χ1v) is 9.21. The number of hydrogen-bond acceptors (Lipinski definition) is 6. The third-order valence-corrected chi connectivity index (χ3v) is 4.63. The lowest BCUT2D eigenvalue weighted by atomic mass is 10.2. The quantitative estimate of drug-likeness (QED) is 0.332. The zero-order valence-corrected chi connectivity index (χ0v) is 15.8. The first kappa shape index (κ1) is 19.2. The Labute approximate surface area is 164 Å². The van der Waals surface area contributed by atoms with E-state index in [1.54, 1.807) is 12.1 Å². The zero-order chi connectivity index (χ0) is 19.4. The van der Waals surface area contributed by atoms with Gasteiger partial charge >= 0.3 is 5.97 Å². The van der Waals surface area contributed by atoms with Crippen LogP contribution < -0.4 is 10.1 Å². The Balaban J connectivity index is 1.84. The minimum Gasteiger partial charge on any atom is -0.422 e. The van der Waals surface area contributed by atoms with Crippen molar-refractivity contribution in [2.75, 3.05) is 5.75 Å². The van der Waals surface area contributed by atoms with Gasteiger partial charge in [-0.3, -0.25) is 4.79 Å². The van der Waals surface area contributed by atoms with Gasteiger partial charge in [-0.25, -0.2) is 13.6 Å². The summed E-state index contributed by atoms with van der Waals surface area (Å²) in [4.78, 5) is 23.3. The number of rotatable bonds is 4. The summed E-state index contributed by atoms with van der Waals surface area (Å²) >= 11 is 4.48. The van der Waals surface area contributed by atoms with Crippen molar-refractivity contribution < 1.29 is 23.1 Å². The molecule has 0 bridgehead atoms. The summed E-state index contributed by atoms with van der Waals surface area (Å²) in [5.74, 6) is -3.08. The number of benzene rings is 2. The van der Waals surface area contributed by atoms with Gasteiger partial charge in [0.15, 0.2) is 5.17 Å². The number of ether oxygens (including phenoxy) is 1. The summed E-state index contributed by atoms with van der Waals surface area (Å²) in [6.07, 6.45) is 1.29. The first-order valence-electron chi connectivity index (χ1n) is 7.43. The van der Waals surface area contributed by atoms with Crippen molar-refractivity contribution in [3.05, 3.63) is 63.6 Å². The second-order valence-corrected chi connectivity index (χ2v) is 7.03. The Morgan fingerprint density at radius 1 is 1.26 bits per heavy atom. The average Bonchev–Trinajstić information content (AvgIpc) is 3.02. The van der Waals surface area contributed by atoms with Gasteiger partial charge in [-0.15, -0.1) is 5.10 Å². The van der Waals surface area contributed by atoms with Gasteiger partial charge in [0, 0.05) is 10.0 Å². The molecule has 0 unspecified atom stereocenters. The van der Waals surface area contributed by atoms with E-state index >= 15 is 0 Å². The maximum atomic E-state index is 13.7. The van der Waals surface area contributed by atoms with Crippen LogP contribution in [0, 0.1) is 11.6 Å². The van der Waals surface area contributed by atoms with E-state index in [2.05, 4.69) is 31.4 Å². The molecule has 0 aliphatic carbocycles. The largest absolute Gasteiger partial charge is 0.422 e. The summed E-state index contributed by atoms with van der Waals surface area (Å²) in [5, 5.41) is 10.5. The van der Waals surface area contributed by atoms with Gasteiger partial charge in [-0.05, 0) is 30.3 Å². The molecule has 6 nitrogen and oxygen atoms in total. The molecule has 3 rings (SSSR count). The van der Waals surface area contributed by atoms with Crippen LogP contribution in [0.1, 0.15) is 15.9 Å². The molecular weight excluding hydrogens is 444 g/mol. The number of halogens is 3. The van der Waals surface area contributed by atoms with Crippen LogP contribution in [0.4, 0.5) is 8.78 Å². The second-order valence-electron chi connectivity index (χ2n) is 5.15. The SMILES string of the molecule is O=C1CSC(=NN=Cc2cc(Br)ccc2OC(=O)c2c(F)cccc2F)N1. The molecule has 2 aromatic carbocycles. The number of nitrogens with zero attached hydrogens (tertiary/aromatic N) is 2. The standard InChI is InChI=1S/C17H10BrF2N3O3S/c18-10-4-5-13(26-16(25)15-11(19)2-1-3-12(15)20)9(6-10)7-21-23-17-22-14(24)8-27-17/h1-7H,8H2,(H,22,23,24). The molecule has 1 fully saturated rings. The summed E-state index contributed by atoms with van der Waals surface area (Å²) in [5.41, 5.74) is -0.443. The van der Waals surface area contributed by atoms with Crippen LogP contribution in [-0.2, 0) is 4.79 Å². The van der Waals surface area contributed by atoms with Gasteiger partial charge < -0.3 is 10.1 Å². The molecule has 1 aliphatic heterocycles. The monoisotopic (exact) mass is 453 g/mol. The Bertz CT molecular complexity index is 962. The van der Waals surface area contributed by atoms with Crippen molar-refractivity contribution in [1.82, 2.24) is 5.32 Å². The van der Waals surface area contributed by atoms with Gasteiger partial charge in [0.2, 0.25) is 5.91 Å². The lowest BCUT2D eigenvalue weighted by molar-refractivity contribution is -0.116. The predicted molar refractivity (Wildman–Crippen MR) is 101 cm³/mol. The summed E-state index contributed by atoms with van der Waals surface area (Å²) < 4.78 is 33.3. The zero-order valence-electron chi connectivity index (χ0n) is 13.4. The fraction of sp³-hybridized carbons (Fsp3) is 0.0588. The molecule has 0 atom stereocenters. The van der Waals surface area contributed by atoms with Gasteiger partial charge in [0.1, 0.15) is 22.9 Å². The van der Waals surface area contributed by atoms with Crippen LogP contribution in [0.3, 0.4) is 0 Å². The molecule has 10 heteroatoms. The lowest BCUT2D eigenvalue weighted by Gasteiger charge is -2.09. The topological polar surface area (TPSA) is 80.1 Å². The van der Waals surface area contributed by atoms with Crippen molar-refractivity contribution in [3.8, 4) is 5.75 Å². The van der Waals surface area contributed by atoms with Crippen molar-refractivity contribution in [2.24, 2.45) is 10.2 Å². The van der Waals surface area contributed by atoms with E-state index in [4.69, 9.17) is 4.74 Å². The molecule has 2 aromatic rings. The van der Waals surface area contributed by atoms with Crippen LogP contribution >= 0.6 is 27.7 Å². The normalized spacial score (nSPS) is 15.4. The van der Waals surface area contributed by atoms with Gasteiger partial charge in [0.05, 0.1) is 12.0 Å². The fourth-order valence-corrected chi connectivity index (χ4v) is 3.09. The second kappa shape index (κ2) is 8.40. The summed E-state index contributed by atoms with van der Waals surface area (Å²) in [6.45, 7) is 0. The van der Waals surface area contributed by atoms with Crippen molar-refractivity contribution in [2.45, 2.75) is 0 Å². The van der Waals surface area contributed by atoms with E-state index in [0.29, 0.717) is 15.2 Å². The van der Waals surface area contributed by atoms with Crippen LogP contribution in [-0.4, -0.2) is 29.0 Å². The lowest BCUT2D eigenvalue weighted by Crippen LogP contribution is -2.19. The molecule has 1 N–H and O–H groups in total. The number of nitrogens with one attached hydrogen (secondary N) is 1. The van der Waals surface area contributed by atoms with Gasteiger partial charge in [0.25, 0.3) is 0 Å². The third kappa shape index (κ3) is 4.77. The molecule has 1 aliphatic rings. The molecule has 0 spiro atoms. The third-order valence-electron chi connectivity index (χ3n) is 3.27. The number of hydrogen-bond donors (Lipinski definition) is 1. The van der Waals surface area contributed by atoms with Crippen LogP contribution in [0.2, 0.25) is 0 Å². The summed E-state index contributed by atoms with van der Waals surface area (Å²) in [7, 11) is 0. The highest BCUT2D eigenvalue weighted by molar-refractivity contribution is 9.10. The first-order chi connectivity index (χ1) is 12.9. The highest BCUT2D eigenvalue weighted by atomic mass is 79.9. The van der Waals surface area contributed by atoms with Crippen LogP contribution in [0.5, 0.6) is 5.75 Å². The molecule has 1 heterocycles. The summed E-state index contributed by atoms with van der Waals surface area (Å²) in [6, 6.07) is 7.71. The minimum atomic E-state index is -1.17. The molecule has 0 aromatic heterocycles. The smallest absolute Gasteiger partial charge is 0.349 e. The number of thioether (sulfide) groups is 1. The van der Waals surface area contributed by atoms with Crippen molar-refractivity contribution in [3.63, 3.8) is 0 Å². The Morgan fingerprint density at radius 3 is 2.67 bits per heavy atom. The molecular formula is C17H10BrF2N3O3S.